The first-order valence-corrected chi connectivity index (χ1v) is 5.34. The van der Waals surface area contributed by atoms with Crippen LogP contribution in [0.4, 0.5) is 0 Å². The van der Waals surface area contributed by atoms with Gasteiger partial charge in [-0.3, -0.25) is 0 Å². The van der Waals surface area contributed by atoms with Crippen LogP contribution in [0.1, 0.15) is 24.5 Å². The first-order chi connectivity index (χ1) is 6.13. The summed E-state index contributed by atoms with van der Waals surface area (Å²) in [6, 6.07) is 0. The lowest BCUT2D eigenvalue weighted by Crippen LogP contribution is -2.08. The molecule has 0 atom stereocenters. The highest BCUT2D eigenvalue weighted by molar-refractivity contribution is 7.09. The summed E-state index contributed by atoms with van der Waals surface area (Å²) in [6.07, 6.45) is 2.09. The van der Waals surface area contributed by atoms with Crippen LogP contribution in [0.3, 0.4) is 0 Å². The fourth-order valence-corrected chi connectivity index (χ4v) is 1.67. The van der Waals surface area contributed by atoms with E-state index in [1.807, 2.05) is 6.92 Å². The second-order valence-corrected chi connectivity index (χ2v) is 4.43. The summed E-state index contributed by atoms with van der Waals surface area (Å²) in [4.78, 5) is 4.37. The molecule has 13 heavy (non-hydrogen) atoms. The first kappa shape index (κ1) is 10.4. The molecule has 2 nitrogen and oxygen atoms in total. The Hall–Kier alpha value is -0.670. The first-order valence-electron chi connectivity index (χ1n) is 4.46. The van der Waals surface area contributed by atoms with Gasteiger partial charge in [-0.15, -0.1) is 11.3 Å². The Bertz CT molecular complexity index is 300. The molecule has 0 radical (unpaired) electrons. The van der Waals surface area contributed by atoms with Crippen LogP contribution in [-0.4, -0.2) is 11.5 Å². The SMILES string of the molecule is Cc1nc(C=C(CN)C(C)C)cs1. The van der Waals surface area contributed by atoms with E-state index < -0.39 is 0 Å². The number of aromatic nitrogens is 1. The topological polar surface area (TPSA) is 38.9 Å². The summed E-state index contributed by atoms with van der Waals surface area (Å²) in [5.74, 6) is 0.506. The summed E-state index contributed by atoms with van der Waals surface area (Å²) in [5.41, 5.74) is 7.93. The summed E-state index contributed by atoms with van der Waals surface area (Å²) in [6.45, 7) is 6.93. The quantitative estimate of drug-likeness (QED) is 0.806. The number of thiazole rings is 1. The van der Waals surface area contributed by atoms with Crippen LogP contribution in [0.2, 0.25) is 0 Å². The molecule has 0 bridgehead atoms. The second-order valence-electron chi connectivity index (χ2n) is 3.37. The van der Waals surface area contributed by atoms with Crippen LogP contribution >= 0.6 is 11.3 Å². The van der Waals surface area contributed by atoms with Crippen molar-refractivity contribution in [3.63, 3.8) is 0 Å². The monoisotopic (exact) mass is 196 g/mol. The Morgan fingerprint density at radius 3 is 2.77 bits per heavy atom. The van der Waals surface area contributed by atoms with Crippen molar-refractivity contribution >= 4 is 17.4 Å². The van der Waals surface area contributed by atoms with E-state index in [4.69, 9.17) is 5.73 Å². The van der Waals surface area contributed by atoms with Crippen LogP contribution in [0.15, 0.2) is 11.0 Å². The van der Waals surface area contributed by atoms with Crippen molar-refractivity contribution in [1.82, 2.24) is 4.98 Å². The largest absolute Gasteiger partial charge is 0.327 e. The van der Waals surface area contributed by atoms with E-state index in [9.17, 15) is 0 Å². The Morgan fingerprint density at radius 1 is 1.69 bits per heavy atom. The van der Waals surface area contributed by atoms with Crippen molar-refractivity contribution in [3.8, 4) is 0 Å². The number of aryl methyl sites for hydroxylation is 1. The molecule has 0 saturated carbocycles. The highest BCUT2D eigenvalue weighted by Crippen LogP contribution is 2.15. The van der Waals surface area contributed by atoms with Gasteiger partial charge < -0.3 is 5.73 Å². The number of nitrogens with zero attached hydrogens (tertiary/aromatic N) is 1. The molecule has 0 saturated heterocycles. The van der Waals surface area contributed by atoms with Crippen molar-refractivity contribution in [3.05, 3.63) is 21.7 Å². The molecule has 0 aliphatic carbocycles. The van der Waals surface area contributed by atoms with E-state index in [1.165, 1.54) is 5.57 Å². The normalized spacial score (nSPS) is 12.5. The molecule has 0 unspecified atom stereocenters. The Labute approximate surface area is 83.5 Å². The van der Waals surface area contributed by atoms with E-state index >= 15 is 0 Å². The van der Waals surface area contributed by atoms with Gasteiger partial charge in [-0.05, 0) is 18.9 Å². The van der Waals surface area contributed by atoms with Crippen molar-refractivity contribution in [2.45, 2.75) is 20.8 Å². The molecule has 0 aliphatic rings. The van der Waals surface area contributed by atoms with Crippen molar-refractivity contribution in [2.24, 2.45) is 11.7 Å². The molecule has 72 valence electrons. The number of rotatable bonds is 3. The maximum absolute atomic E-state index is 5.64. The Balaban J connectivity index is 2.84. The minimum Gasteiger partial charge on any atom is -0.327 e. The fraction of sp³-hybridized carbons (Fsp3) is 0.500. The molecule has 0 aliphatic heterocycles. The Kier molecular flexibility index (Phi) is 3.63. The molecule has 1 heterocycles. The maximum atomic E-state index is 5.64. The molecule has 1 rings (SSSR count). The highest BCUT2D eigenvalue weighted by Gasteiger charge is 2.02. The van der Waals surface area contributed by atoms with E-state index in [0.29, 0.717) is 12.5 Å². The summed E-state index contributed by atoms with van der Waals surface area (Å²) in [5, 5.41) is 3.17. The lowest BCUT2D eigenvalue weighted by atomic mass is 10.0. The summed E-state index contributed by atoms with van der Waals surface area (Å²) >= 11 is 1.67. The van der Waals surface area contributed by atoms with Gasteiger partial charge in [0.25, 0.3) is 0 Å². The van der Waals surface area contributed by atoms with Crippen LogP contribution in [0.25, 0.3) is 6.08 Å². The third-order valence-electron chi connectivity index (χ3n) is 1.95. The molecule has 0 spiro atoms. The van der Waals surface area contributed by atoms with Gasteiger partial charge in [0.05, 0.1) is 10.7 Å². The molecule has 3 heteroatoms. The van der Waals surface area contributed by atoms with E-state index in [1.54, 1.807) is 11.3 Å². The molecule has 0 aromatic carbocycles. The zero-order valence-electron chi connectivity index (χ0n) is 8.37. The van der Waals surface area contributed by atoms with Gasteiger partial charge in [0.2, 0.25) is 0 Å². The zero-order valence-corrected chi connectivity index (χ0v) is 9.19. The van der Waals surface area contributed by atoms with Gasteiger partial charge in [0.15, 0.2) is 0 Å². The number of hydrogen-bond acceptors (Lipinski definition) is 3. The third kappa shape index (κ3) is 2.94. The van der Waals surface area contributed by atoms with Crippen molar-refractivity contribution < 1.29 is 0 Å². The molecule has 0 amide bonds. The van der Waals surface area contributed by atoms with Crippen LogP contribution in [0.5, 0.6) is 0 Å². The number of hydrogen-bond donors (Lipinski definition) is 1. The van der Waals surface area contributed by atoms with Gasteiger partial charge in [0, 0.05) is 11.9 Å². The second kappa shape index (κ2) is 4.53. The van der Waals surface area contributed by atoms with Gasteiger partial charge >= 0.3 is 0 Å². The molecular formula is C10H16N2S. The number of nitrogens with two attached hydrogens (primary N) is 1. The highest BCUT2D eigenvalue weighted by atomic mass is 32.1. The minimum atomic E-state index is 0.506. The third-order valence-corrected chi connectivity index (χ3v) is 2.74. The predicted molar refractivity (Wildman–Crippen MR) is 58.7 cm³/mol. The van der Waals surface area contributed by atoms with Crippen molar-refractivity contribution in [2.75, 3.05) is 6.54 Å². The van der Waals surface area contributed by atoms with E-state index in [2.05, 4.69) is 30.3 Å². The molecular weight excluding hydrogens is 180 g/mol. The molecule has 1 aromatic rings. The van der Waals surface area contributed by atoms with Crippen molar-refractivity contribution in [1.29, 1.82) is 0 Å². The standard InChI is InChI=1S/C10H16N2S/c1-7(2)9(5-11)4-10-6-13-8(3)12-10/h4,6-7H,5,11H2,1-3H3. The maximum Gasteiger partial charge on any atom is 0.0901 e. The average Bonchev–Trinajstić information content (AvgIpc) is 2.46. The van der Waals surface area contributed by atoms with Crippen LogP contribution in [0, 0.1) is 12.8 Å². The van der Waals surface area contributed by atoms with Gasteiger partial charge in [-0.2, -0.15) is 0 Å². The molecule has 2 N–H and O–H groups in total. The molecule has 1 aromatic heterocycles. The van der Waals surface area contributed by atoms with Gasteiger partial charge in [-0.25, -0.2) is 4.98 Å². The van der Waals surface area contributed by atoms with Gasteiger partial charge in [-0.1, -0.05) is 19.4 Å². The predicted octanol–water partition coefficient (Wildman–Crippen LogP) is 2.45. The van der Waals surface area contributed by atoms with Crippen LogP contribution < -0.4 is 5.73 Å². The van der Waals surface area contributed by atoms with E-state index in [-0.39, 0.29) is 0 Å². The summed E-state index contributed by atoms with van der Waals surface area (Å²) < 4.78 is 0. The van der Waals surface area contributed by atoms with Gasteiger partial charge in [0.1, 0.15) is 0 Å². The van der Waals surface area contributed by atoms with E-state index in [0.717, 1.165) is 10.7 Å². The lowest BCUT2D eigenvalue weighted by molar-refractivity contribution is 0.752. The zero-order chi connectivity index (χ0) is 9.84. The average molecular weight is 196 g/mol. The Morgan fingerprint density at radius 2 is 2.38 bits per heavy atom. The summed E-state index contributed by atoms with van der Waals surface area (Å²) in [7, 11) is 0. The van der Waals surface area contributed by atoms with Crippen LogP contribution in [-0.2, 0) is 0 Å². The minimum absolute atomic E-state index is 0.506. The fourth-order valence-electron chi connectivity index (χ4n) is 1.10. The smallest absolute Gasteiger partial charge is 0.0901 e. The lowest BCUT2D eigenvalue weighted by Gasteiger charge is -2.06. The molecule has 0 fully saturated rings.